The Kier molecular flexibility index (Phi) is 5.79. The summed E-state index contributed by atoms with van der Waals surface area (Å²) in [5.41, 5.74) is 5.78. The van der Waals surface area contributed by atoms with Crippen LogP contribution < -0.4 is 10.5 Å². The van der Waals surface area contributed by atoms with Crippen LogP contribution in [0, 0.1) is 0 Å². The van der Waals surface area contributed by atoms with E-state index in [0.29, 0.717) is 42.3 Å². The third kappa shape index (κ3) is 4.84. The number of aryl methyl sites for hydroxylation is 1. The van der Waals surface area contributed by atoms with Gasteiger partial charge < -0.3 is 15.5 Å². The first-order valence-corrected chi connectivity index (χ1v) is 8.87. The van der Waals surface area contributed by atoms with Crippen LogP contribution in [0.2, 0.25) is 0 Å². The molecule has 0 aliphatic heterocycles. The molecule has 0 fully saturated rings. The predicted molar refractivity (Wildman–Crippen MR) is 97.4 cm³/mol. The number of fused-ring (bicyclic) bond motifs is 1. The monoisotopic (exact) mass is 416 g/mol. The number of hydrogen-bond donors (Lipinski definition) is 2. The van der Waals surface area contributed by atoms with Crippen LogP contribution in [0.1, 0.15) is 24.0 Å². The average Bonchev–Trinajstić information content (AvgIpc) is 2.98. The van der Waals surface area contributed by atoms with Crippen LogP contribution in [0.5, 0.6) is 5.75 Å². The van der Waals surface area contributed by atoms with Gasteiger partial charge in [-0.2, -0.15) is 13.2 Å². The van der Waals surface area contributed by atoms with E-state index in [-0.39, 0.29) is 11.3 Å². The van der Waals surface area contributed by atoms with Gasteiger partial charge in [-0.1, -0.05) is 18.2 Å². The molecule has 0 saturated carbocycles. The Morgan fingerprint density at radius 2 is 1.66 bits per heavy atom. The SMILES string of the molecule is NCCCCc1c(-c2ccccc2C(F)(F)F)[nH]c2ccc(OC(F)(F)F)cc12. The summed E-state index contributed by atoms with van der Waals surface area (Å²) in [6.45, 7) is 0.402. The van der Waals surface area contributed by atoms with Crippen LogP contribution in [0.15, 0.2) is 42.5 Å². The van der Waals surface area contributed by atoms with Crippen molar-refractivity contribution in [3.05, 3.63) is 53.6 Å². The first kappa shape index (κ1) is 21.0. The van der Waals surface area contributed by atoms with E-state index >= 15 is 0 Å². The molecule has 3 rings (SSSR count). The Balaban J connectivity index is 2.18. The fourth-order valence-electron chi connectivity index (χ4n) is 3.31. The van der Waals surface area contributed by atoms with Crippen molar-refractivity contribution in [1.82, 2.24) is 4.98 Å². The van der Waals surface area contributed by atoms with E-state index in [2.05, 4.69) is 9.72 Å². The number of alkyl halides is 6. The van der Waals surface area contributed by atoms with E-state index in [4.69, 9.17) is 5.73 Å². The number of halogens is 6. The van der Waals surface area contributed by atoms with Crippen LogP contribution in [0.4, 0.5) is 26.3 Å². The molecule has 0 saturated heterocycles. The Bertz CT molecular complexity index is 991. The van der Waals surface area contributed by atoms with Crippen molar-refractivity contribution in [1.29, 1.82) is 0 Å². The van der Waals surface area contributed by atoms with Crippen LogP contribution in [0.25, 0.3) is 22.2 Å². The molecule has 0 aliphatic rings. The summed E-state index contributed by atoms with van der Waals surface area (Å²) in [7, 11) is 0. The van der Waals surface area contributed by atoms with Gasteiger partial charge in [-0.3, -0.25) is 0 Å². The lowest BCUT2D eigenvalue weighted by Gasteiger charge is -2.13. The predicted octanol–water partition coefficient (Wildman–Crippen LogP) is 6.03. The standard InChI is InChI=1S/C20H18F6N2O/c21-19(22,23)16-7-2-1-6-14(16)18-13(5-3-4-10-27)15-11-12(29-20(24,25)26)8-9-17(15)28-18/h1-2,6-9,11,28H,3-5,10,27H2. The number of aromatic amines is 1. The second kappa shape index (κ2) is 7.98. The molecule has 3 nitrogen and oxygen atoms in total. The lowest BCUT2D eigenvalue weighted by atomic mass is 9.97. The molecule has 0 bridgehead atoms. The molecular weight excluding hydrogens is 398 g/mol. The van der Waals surface area contributed by atoms with Gasteiger partial charge in [-0.15, -0.1) is 13.2 Å². The molecule has 0 spiro atoms. The number of aromatic nitrogens is 1. The average molecular weight is 416 g/mol. The highest BCUT2D eigenvalue weighted by molar-refractivity contribution is 5.92. The molecule has 3 N–H and O–H groups in total. The number of unbranched alkanes of at least 4 members (excludes halogenated alkanes) is 1. The molecule has 0 unspecified atom stereocenters. The number of benzene rings is 2. The summed E-state index contributed by atoms with van der Waals surface area (Å²) in [5.74, 6) is -0.431. The number of nitrogens with two attached hydrogens (primary N) is 1. The molecule has 3 aromatic rings. The van der Waals surface area contributed by atoms with Crippen molar-refractivity contribution in [3.63, 3.8) is 0 Å². The third-order valence-electron chi connectivity index (χ3n) is 4.49. The molecule has 156 valence electrons. The second-order valence-electron chi connectivity index (χ2n) is 6.52. The molecule has 0 radical (unpaired) electrons. The molecule has 2 aromatic carbocycles. The van der Waals surface area contributed by atoms with Crippen molar-refractivity contribution in [2.75, 3.05) is 6.54 Å². The van der Waals surface area contributed by atoms with Gasteiger partial charge in [0, 0.05) is 16.5 Å². The Labute approximate surface area is 162 Å². The quantitative estimate of drug-likeness (QED) is 0.381. The van der Waals surface area contributed by atoms with Gasteiger partial charge in [0.2, 0.25) is 0 Å². The maximum absolute atomic E-state index is 13.5. The number of rotatable bonds is 6. The van der Waals surface area contributed by atoms with Gasteiger partial charge in [0.15, 0.2) is 0 Å². The Morgan fingerprint density at radius 3 is 2.31 bits per heavy atom. The minimum atomic E-state index is -4.87. The lowest BCUT2D eigenvalue weighted by molar-refractivity contribution is -0.274. The second-order valence-corrected chi connectivity index (χ2v) is 6.52. The minimum absolute atomic E-state index is 0.0581. The maximum atomic E-state index is 13.5. The zero-order valence-electron chi connectivity index (χ0n) is 15.1. The fraction of sp³-hybridized carbons (Fsp3) is 0.300. The van der Waals surface area contributed by atoms with E-state index in [1.54, 1.807) is 0 Å². The zero-order chi connectivity index (χ0) is 21.2. The van der Waals surface area contributed by atoms with Gasteiger partial charge in [0.05, 0.1) is 11.3 Å². The number of nitrogens with one attached hydrogen (secondary N) is 1. The van der Waals surface area contributed by atoms with Crippen LogP contribution in [-0.2, 0) is 12.6 Å². The minimum Gasteiger partial charge on any atom is -0.406 e. The molecular formula is C20H18F6N2O. The normalized spacial score (nSPS) is 12.5. The largest absolute Gasteiger partial charge is 0.573 e. The summed E-state index contributed by atoms with van der Waals surface area (Å²) in [6.07, 6.45) is -7.88. The molecule has 0 atom stereocenters. The molecule has 0 amide bonds. The highest BCUT2D eigenvalue weighted by atomic mass is 19.4. The van der Waals surface area contributed by atoms with E-state index in [9.17, 15) is 26.3 Å². The number of H-pyrrole nitrogens is 1. The topological polar surface area (TPSA) is 51.0 Å². The third-order valence-corrected chi connectivity index (χ3v) is 4.49. The van der Waals surface area contributed by atoms with Crippen LogP contribution >= 0.6 is 0 Å². The number of ether oxygens (including phenoxy) is 1. The van der Waals surface area contributed by atoms with Gasteiger partial charge in [-0.25, -0.2) is 0 Å². The van der Waals surface area contributed by atoms with E-state index in [1.165, 1.54) is 30.3 Å². The van der Waals surface area contributed by atoms with Crippen LogP contribution in [0.3, 0.4) is 0 Å². The van der Waals surface area contributed by atoms with Gasteiger partial charge in [-0.05, 0) is 55.6 Å². The van der Waals surface area contributed by atoms with Crippen molar-refractivity contribution in [3.8, 4) is 17.0 Å². The molecule has 29 heavy (non-hydrogen) atoms. The highest BCUT2D eigenvalue weighted by Crippen LogP contribution is 2.41. The summed E-state index contributed by atoms with van der Waals surface area (Å²) < 4.78 is 82.2. The molecule has 1 heterocycles. The summed E-state index contributed by atoms with van der Waals surface area (Å²) in [4.78, 5) is 2.94. The molecule has 0 aliphatic carbocycles. The first-order valence-electron chi connectivity index (χ1n) is 8.87. The van der Waals surface area contributed by atoms with Crippen LogP contribution in [-0.4, -0.2) is 17.9 Å². The molecule has 9 heteroatoms. The van der Waals surface area contributed by atoms with Gasteiger partial charge >= 0.3 is 12.5 Å². The van der Waals surface area contributed by atoms with Crippen molar-refractivity contribution in [2.45, 2.75) is 31.8 Å². The summed E-state index contributed by atoms with van der Waals surface area (Å²) in [6, 6.07) is 8.76. The molecule has 1 aromatic heterocycles. The van der Waals surface area contributed by atoms with Gasteiger partial charge in [0.1, 0.15) is 5.75 Å². The first-order chi connectivity index (χ1) is 13.6. The lowest BCUT2D eigenvalue weighted by Crippen LogP contribution is -2.16. The van der Waals surface area contributed by atoms with Crippen molar-refractivity contribution in [2.24, 2.45) is 5.73 Å². The maximum Gasteiger partial charge on any atom is 0.573 e. The van der Waals surface area contributed by atoms with E-state index < -0.39 is 23.9 Å². The summed E-state index contributed by atoms with van der Waals surface area (Å²) >= 11 is 0. The Morgan fingerprint density at radius 1 is 0.931 bits per heavy atom. The van der Waals surface area contributed by atoms with E-state index in [1.807, 2.05) is 0 Å². The zero-order valence-corrected chi connectivity index (χ0v) is 15.1. The Hall–Kier alpha value is -2.68. The smallest absolute Gasteiger partial charge is 0.406 e. The van der Waals surface area contributed by atoms with Crippen molar-refractivity contribution >= 4 is 10.9 Å². The summed E-state index contributed by atoms with van der Waals surface area (Å²) in [5, 5.41) is 0.385. The van der Waals surface area contributed by atoms with Crippen molar-refractivity contribution < 1.29 is 31.1 Å². The van der Waals surface area contributed by atoms with Gasteiger partial charge in [0.25, 0.3) is 0 Å². The highest BCUT2D eigenvalue weighted by Gasteiger charge is 2.35. The number of hydrogen-bond acceptors (Lipinski definition) is 2. The van der Waals surface area contributed by atoms with E-state index in [0.717, 1.165) is 12.1 Å². The fourth-order valence-corrected chi connectivity index (χ4v) is 3.31.